The fraction of sp³-hybridized carbons (Fsp3) is 0.500. The van der Waals surface area contributed by atoms with Crippen LogP contribution in [0, 0.1) is 0 Å². The van der Waals surface area contributed by atoms with E-state index in [0.29, 0.717) is 6.04 Å². The lowest BCUT2D eigenvalue weighted by Crippen LogP contribution is -2.47. The van der Waals surface area contributed by atoms with E-state index in [9.17, 15) is 4.79 Å². The molecular weight excluding hydrogens is 228 g/mol. The van der Waals surface area contributed by atoms with E-state index in [-0.39, 0.29) is 6.54 Å². The molecule has 98 valence electrons. The van der Waals surface area contributed by atoms with E-state index in [0.717, 1.165) is 25.9 Å². The molecule has 0 amide bonds. The van der Waals surface area contributed by atoms with Crippen molar-refractivity contribution in [2.75, 3.05) is 31.6 Å². The van der Waals surface area contributed by atoms with E-state index >= 15 is 0 Å². The maximum atomic E-state index is 10.7. The lowest BCUT2D eigenvalue weighted by atomic mass is 10.0. The van der Waals surface area contributed by atoms with Crippen LogP contribution in [0.2, 0.25) is 0 Å². The van der Waals surface area contributed by atoms with Crippen molar-refractivity contribution in [3.05, 3.63) is 30.3 Å². The molecule has 1 aliphatic heterocycles. The zero-order valence-corrected chi connectivity index (χ0v) is 10.7. The predicted octanol–water partition coefficient (Wildman–Crippen LogP) is 1.67. The van der Waals surface area contributed by atoms with Gasteiger partial charge in [-0.3, -0.25) is 9.69 Å². The smallest absolute Gasteiger partial charge is 0.317 e. The maximum Gasteiger partial charge on any atom is 0.317 e. The Kier molecular flexibility index (Phi) is 4.20. The highest BCUT2D eigenvalue weighted by Gasteiger charge is 2.24. The van der Waals surface area contributed by atoms with Gasteiger partial charge in [0.1, 0.15) is 0 Å². The number of aliphatic carboxylic acids is 1. The van der Waals surface area contributed by atoms with Crippen LogP contribution in [0.15, 0.2) is 30.3 Å². The molecule has 0 aromatic heterocycles. The number of anilines is 1. The lowest BCUT2D eigenvalue weighted by molar-refractivity contribution is -0.138. The molecule has 0 unspecified atom stereocenters. The zero-order chi connectivity index (χ0) is 13.0. The molecule has 4 nitrogen and oxygen atoms in total. The van der Waals surface area contributed by atoms with Crippen molar-refractivity contribution >= 4 is 11.7 Å². The van der Waals surface area contributed by atoms with Gasteiger partial charge in [0.15, 0.2) is 0 Å². The highest BCUT2D eigenvalue weighted by Crippen LogP contribution is 2.21. The molecule has 4 heteroatoms. The maximum absolute atomic E-state index is 10.7. The van der Waals surface area contributed by atoms with Crippen LogP contribution >= 0.6 is 0 Å². The first-order valence-electron chi connectivity index (χ1n) is 6.39. The molecule has 1 N–H and O–H groups in total. The van der Waals surface area contributed by atoms with Crippen LogP contribution in [-0.4, -0.2) is 48.7 Å². The zero-order valence-electron chi connectivity index (χ0n) is 10.7. The summed E-state index contributed by atoms with van der Waals surface area (Å²) < 4.78 is 0. The van der Waals surface area contributed by atoms with Crippen molar-refractivity contribution in [2.45, 2.75) is 18.9 Å². The molecule has 18 heavy (non-hydrogen) atoms. The molecule has 1 saturated heterocycles. The average Bonchev–Trinajstić information content (AvgIpc) is 2.39. The van der Waals surface area contributed by atoms with Crippen LogP contribution in [-0.2, 0) is 4.79 Å². The molecule has 0 radical (unpaired) electrons. The number of nitrogens with zero attached hydrogens (tertiary/aromatic N) is 2. The van der Waals surface area contributed by atoms with Gasteiger partial charge in [-0.05, 0) is 32.0 Å². The third-order valence-corrected chi connectivity index (χ3v) is 3.53. The number of rotatable bonds is 4. The van der Waals surface area contributed by atoms with Gasteiger partial charge in [-0.2, -0.15) is 0 Å². The molecule has 2 rings (SSSR count). The van der Waals surface area contributed by atoms with Crippen LogP contribution in [0.5, 0.6) is 0 Å². The summed E-state index contributed by atoms with van der Waals surface area (Å²) >= 11 is 0. The van der Waals surface area contributed by atoms with E-state index in [4.69, 9.17) is 5.11 Å². The lowest BCUT2D eigenvalue weighted by Gasteiger charge is -2.38. The Bertz CT molecular complexity index is 394. The fourth-order valence-electron chi connectivity index (χ4n) is 2.53. The topological polar surface area (TPSA) is 43.8 Å². The fourth-order valence-corrected chi connectivity index (χ4v) is 2.53. The van der Waals surface area contributed by atoms with Gasteiger partial charge in [0.05, 0.1) is 6.54 Å². The third-order valence-electron chi connectivity index (χ3n) is 3.53. The van der Waals surface area contributed by atoms with Crippen molar-refractivity contribution in [2.24, 2.45) is 0 Å². The normalized spacial score (nSPS) is 20.1. The summed E-state index contributed by atoms with van der Waals surface area (Å²) in [7, 11) is 1.90. The van der Waals surface area contributed by atoms with E-state index in [1.807, 2.05) is 30.1 Å². The van der Waals surface area contributed by atoms with Crippen molar-refractivity contribution in [1.82, 2.24) is 4.90 Å². The molecule has 1 aliphatic rings. The largest absolute Gasteiger partial charge is 0.480 e. The van der Waals surface area contributed by atoms with E-state index < -0.39 is 5.97 Å². The first kappa shape index (κ1) is 12.9. The van der Waals surface area contributed by atoms with Gasteiger partial charge < -0.3 is 10.0 Å². The van der Waals surface area contributed by atoms with Gasteiger partial charge in [-0.15, -0.1) is 0 Å². The molecule has 1 fully saturated rings. The first-order chi connectivity index (χ1) is 8.66. The van der Waals surface area contributed by atoms with Crippen molar-refractivity contribution < 1.29 is 9.90 Å². The van der Waals surface area contributed by atoms with Crippen molar-refractivity contribution in [1.29, 1.82) is 0 Å². The number of carboxylic acids is 1. The molecule has 1 atom stereocenters. The minimum absolute atomic E-state index is 0.118. The Morgan fingerprint density at radius 2 is 2.17 bits per heavy atom. The van der Waals surface area contributed by atoms with Crippen molar-refractivity contribution in [3.63, 3.8) is 0 Å². The van der Waals surface area contributed by atoms with Gasteiger partial charge in [0.2, 0.25) is 0 Å². The average molecular weight is 248 g/mol. The highest BCUT2D eigenvalue weighted by molar-refractivity contribution is 5.69. The Morgan fingerprint density at radius 3 is 2.83 bits per heavy atom. The van der Waals surface area contributed by atoms with Crippen LogP contribution in [0.3, 0.4) is 0 Å². The van der Waals surface area contributed by atoms with E-state index in [1.54, 1.807) is 0 Å². The van der Waals surface area contributed by atoms with E-state index in [2.05, 4.69) is 17.0 Å². The summed E-state index contributed by atoms with van der Waals surface area (Å²) in [4.78, 5) is 15.0. The van der Waals surface area contributed by atoms with Gasteiger partial charge in [-0.1, -0.05) is 18.2 Å². The predicted molar refractivity (Wildman–Crippen MR) is 71.9 cm³/mol. The molecule has 0 saturated carbocycles. The third kappa shape index (κ3) is 3.23. The summed E-state index contributed by atoms with van der Waals surface area (Å²) in [6.07, 6.45) is 2.19. The monoisotopic (exact) mass is 248 g/mol. The second kappa shape index (κ2) is 5.87. The van der Waals surface area contributed by atoms with Gasteiger partial charge in [-0.25, -0.2) is 0 Å². The summed E-state index contributed by atoms with van der Waals surface area (Å²) in [6, 6.07) is 10.6. The Morgan fingerprint density at radius 1 is 1.44 bits per heavy atom. The van der Waals surface area contributed by atoms with Crippen LogP contribution in [0.1, 0.15) is 12.8 Å². The van der Waals surface area contributed by atoms with Crippen LogP contribution in [0.4, 0.5) is 5.69 Å². The summed E-state index contributed by atoms with van der Waals surface area (Å²) in [5, 5.41) is 8.84. The summed E-state index contributed by atoms with van der Waals surface area (Å²) in [5.74, 6) is -0.755. The molecule has 0 spiro atoms. The Balaban J connectivity index is 1.98. The number of benzene rings is 1. The minimum Gasteiger partial charge on any atom is -0.480 e. The number of hydrogen-bond acceptors (Lipinski definition) is 3. The Labute approximate surface area is 108 Å². The standard InChI is InChI=1S/C14H20N2O2/c1-15(11-14(17)18)13-8-5-9-16(10-13)12-6-3-2-4-7-12/h2-4,6-7,13H,5,8-11H2,1H3,(H,17,18)/t13-/m1/s1. The second-order valence-electron chi connectivity index (χ2n) is 4.89. The Hall–Kier alpha value is -1.55. The highest BCUT2D eigenvalue weighted by atomic mass is 16.4. The van der Waals surface area contributed by atoms with Crippen LogP contribution < -0.4 is 4.90 Å². The van der Waals surface area contributed by atoms with Crippen molar-refractivity contribution in [3.8, 4) is 0 Å². The number of carboxylic acid groups (broad SMARTS) is 1. The second-order valence-corrected chi connectivity index (χ2v) is 4.89. The number of piperidine rings is 1. The van der Waals surface area contributed by atoms with Gasteiger partial charge >= 0.3 is 5.97 Å². The first-order valence-corrected chi connectivity index (χ1v) is 6.39. The SMILES string of the molecule is CN(CC(=O)O)[C@@H]1CCCN(c2ccccc2)C1. The quantitative estimate of drug-likeness (QED) is 0.880. The molecular formula is C14H20N2O2. The minimum atomic E-state index is -0.755. The molecule has 1 heterocycles. The van der Waals surface area contributed by atoms with E-state index in [1.165, 1.54) is 5.69 Å². The van der Waals surface area contributed by atoms with Gasteiger partial charge in [0, 0.05) is 24.8 Å². The summed E-state index contributed by atoms with van der Waals surface area (Å²) in [5.41, 5.74) is 1.23. The van der Waals surface area contributed by atoms with Crippen LogP contribution in [0.25, 0.3) is 0 Å². The molecule has 1 aromatic carbocycles. The van der Waals surface area contributed by atoms with Gasteiger partial charge in [0.25, 0.3) is 0 Å². The molecule has 0 bridgehead atoms. The molecule has 1 aromatic rings. The summed E-state index contributed by atoms with van der Waals surface area (Å²) in [6.45, 7) is 2.09. The number of likely N-dealkylation sites (N-methyl/N-ethyl adjacent to an activating group) is 1. The number of carbonyl (C=O) groups is 1. The number of para-hydroxylation sites is 1. The number of hydrogen-bond donors (Lipinski definition) is 1. The molecule has 0 aliphatic carbocycles.